The van der Waals surface area contributed by atoms with E-state index in [2.05, 4.69) is 4.98 Å². The average Bonchev–Trinajstić information content (AvgIpc) is 3.26. The van der Waals surface area contributed by atoms with Gasteiger partial charge in [0.2, 0.25) is 0 Å². The third kappa shape index (κ3) is 4.53. The molecule has 0 unspecified atom stereocenters. The van der Waals surface area contributed by atoms with Crippen LogP contribution in [0.3, 0.4) is 0 Å². The molecule has 0 aliphatic rings. The standard InChI is InChI=1S/C25H23NO5S/c1-29-22-14-19(21-16-31-24(26-21)13-17-7-5-4-6-8-17)15-23(30-2)25(22)18-9-11-20(12-10-18)32(3,27)28/h4-12,14-16H,13H2,1-3H3. The number of rotatable bonds is 7. The van der Waals surface area contributed by atoms with Crippen molar-refractivity contribution in [3.63, 3.8) is 0 Å². The van der Waals surface area contributed by atoms with Gasteiger partial charge in [-0.25, -0.2) is 13.4 Å². The Hall–Kier alpha value is -3.58. The van der Waals surface area contributed by atoms with Crippen LogP contribution in [-0.2, 0) is 16.3 Å². The molecule has 0 spiro atoms. The summed E-state index contributed by atoms with van der Waals surface area (Å²) in [5.41, 5.74) is 4.09. The van der Waals surface area contributed by atoms with Crippen LogP contribution in [0.1, 0.15) is 11.5 Å². The lowest BCUT2D eigenvalue weighted by Gasteiger charge is -2.15. The molecule has 0 radical (unpaired) electrons. The zero-order chi connectivity index (χ0) is 22.7. The molecule has 0 fully saturated rings. The molecule has 4 aromatic rings. The molecule has 0 aliphatic carbocycles. The number of aromatic nitrogens is 1. The van der Waals surface area contributed by atoms with E-state index in [1.54, 1.807) is 44.7 Å². The van der Waals surface area contributed by atoms with E-state index in [9.17, 15) is 8.42 Å². The van der Waals surface area contributed by atoms with Crippen LogP contribution < -0.4 is 9.47 Å². The normalized spacial score (nSPS) is 11.3. The van der Waals surface area contributed by atoms with Gasteiger partial charge in [-0.1, -0.05) is 42.5 Å². The molecule has 0 saturated carbocycles. The van der Waals surface area contributed by atoms with Gasteiger partial charge in [-0.3, -0.25) is 0 Å². The fourth-order valence-electron chi connectivity index (χ4n) is 3.51. The van der Waals surface area contributed by atoms with Crippen molar-refractivity contribution in [1.29, 1.82) is 0 Å². The largest absolute Gasteiger partial charge is 0.496 e. The molecular weight excluding hydrogens is 426 g/mol. The third-order valence-electron chi connectivity index (χ3n) is 5.12. The number of sulfone groups is 1. The van der Waals surface area contributed by atoms with Crippen LogP contribution >= 0.6 is 0 Å². The van der Waals surface area contributed by atoms with E-state index in [1.165, 1.54) is 6.26 Å². The van der Waals surface area contributed by atoms with Gasteiger partial charge in [-0.2, -0.15) is 0 Å². The van der Waals surface area contributed by atoms with Gasteiger partial charge >= 0.3 is 0 Å². The molecule has 32 heavy (non-hydrogen) atoms. The SMILES string of the molecule is COc1cc(-c2coc(Cc3ccccc3)n2)cc(OC)c1-c1ccc(S(C)(=O)=O)cc1. The fraction of sp³-hybridized carbons (Fsp3) is 0.160. The Morgan fingerprint density at radius 1 is 0.875 bits per heavy atom. The Morgan fingerprint density at radius 2 is 1.50 bits per heavy atom. The van der Waals surface area contributed by atoms with Crippen LogP contribution in [0.4, 0.5) is 0 Å². The summed E-state index contributed by atoms with van der Waals surface area (Å²) in [6.45, 7) is 0. The van der Waals surface area contributed by atoms with E-state index in [4.69, 9.17) is 13.9 Å². The molecule has 3 aromatic carbocycles. The van der Waals surface area contributed by atoms with E-state index in [0.717, 1.165) is 22.3 Å². The van der Waals surface area contributed by atoms with Gasteiger partial charge in [0, 0.05) is 18.2 Å². The summed E-state index contributed by atoms with van der Waals surface area (Å²) in [5, 5.41) is 0. The van der Waals surface area contributed by atoms with E-state index in [0.29, 0.717) is 29.5 Å². The Bertz CT molecular complexity index is 1300. The fourth-order valence-corrected chi connectivity index (χ4v) is 4.14. The van der Waals surface area contributed by atoms with Crippen molar-refractivity contribution in [3.8, 4) is 33.9 Å². The molecule has 0 N–H and O–H groups in total. The summed E-state index contributed by atoms with van der Waals surface area (Å²) in [6.07, 6.45) is 3.40. The van der Waals surface area contributed by atoms with Crippen molar-refractivity contribution >= 4 is 9.84 Å². The van der Waals surface area contributed by atoms with Crippen LogP contribution in [0.5, 0.6) is 11.5 Å². The first kappa shape index (κ1) is 21.6. The van der Waals surface area contributed by atoms with E-state index >= 15 is 0 Å². The lowest BCUT2D eigenvalue weighted by Crippen LogP contribution is -1.98. The highest BCUT2D eigenvalue weighted by atomic mass is 32.2. The van der Waals surface area contributed by atoms with Crippen molar-refractivity contribution in [2.24, 2.45) is 0 Å². The Kier molecular flexibility index (Phi) is 6.01. The summed E-state index contributed by atoms with van der Waals surface area (Å²) in [7, 11) is -0.118. The molecule has 0 atom stereocenters. The van der Waals surface area contributed by atoms with Crippen molar-refractivity contribution in [2.45, 2.75) is 11.3 Å². The number of ether oxygens (including phenoxy) is 2. The minimum absolute atomic E-state index is 0.254. The first-order valence-corrected chi connectivity index (χ1v) is 11.8. The first-order chi connectivity index (χ1) is 15.4. The molecule has 0 bridgehead atoms. The molecule has 1 heterocycles. The average molecular weight is 450 g/mol. The minimum Gasteiger partial charge on any atom is -0.496 e. The summed E-state index contributed by atoms with van der Waals surface area (Å²) in [6, 6.07) is 20.4. The summed E-state index contributed by atoms with van der Waals surface area (Å²) in [4.78, 5) is 4.88. The molecule has 0 aliphatic heterocycles. The number of hydrogen-bond donors (Lipinski definition) is 0. The second-order valence-corrected chi connectivity index (χ2v) is 9.36. The molecule has 0 amide bonds. The quantitative estimate of drug-likeness (QED) is 0.394. The Balaban J connectivity index is 1.71. The summed E-state index contributed by atoms with van der Waals surface area (Å²) >= 11 is 0. The second-order valence-electron chi connectivity index (χ2n) is 7.34. The van der Waals surface area contributed by atoms with Crippen molar-refractivity contribution < 1.29 is 22.3 Å². The maximum absolute atomic E-state index is 11.8. The van der Waals surface area contributed by atoms with Crippen molar-refractivity contribution in [1.82, 2.24) is 4.98 Å². The van der Waals surface area contributed by atoms with Crippen molar-refractivity contribution in [3.05, 3.63) is 84.4 Å². The summed E-state index contributed by atoms with van der Waals surface area (Å²) in [5.74, 6) is 1.78. The molecule has 7 heteroatoms. The zero-order valence-electron chi connectivity index (χ0n) is 18.0. The highest BCUT2D eigenvalue weighted by Gasteiger charge is 2.18. The first-order valence-electron chi connectivity index (χ1n) is 9.94. The molecule has 4 rings (SSSR count). The lowest BCUT2D eigenvalue weighted by molar-refractivity contribution is 0.397. The number of nitrogens with zero attached hydrogens (tertiary/aromatic N) is 1. The highest BCUT2D eigenvalue weighted by Crippen LogP contribution is 2.42. The maximum atomic E-state index is 11.8. The van der Waals surface area contributed by atoms with E-state index < -0.39 is 9.84 Å². The van der Waals surface area contributed by atoms with E-state index in [-0.39, 0.29) is 4.90 Å². The number of hydrogen-bond acceptors (Lipinski definition) is 6. The predicted molar refractivity (Wildman–Crippen MR) is 123 cm³/mol. The van der Waals surface area contributed by atoms with Gasteiger partial charge < -0.3 is 13.9 Å². The number of benzene rings is 3. The summed E-state index contributed by atoms with van der Waals surface area (Å²) < 4.78 is 40.5. The molecule has 6 nitrogen and oxygen atoms in total. The molecule has 164 valence electrons. The van der Waals surface area contributed by atoms with Gasteiger partial charge in [0.25, 0.3) is 0 Å². The topological polar surface area (TPSA) is 78.6 Å². The van der Waals surface area contributed by atoms with Gasteiger partial charge in [0.15, 0.2) is 15.7 Å². The lowest BCUT2D eigenvalue weighted by atomic mass is 10.00. The van der Waals surface area contributed by atoms with Crippen LogP contribution in [0.2, 0.25) is 0 Å². The monoisotopic (exact) mass is 449 g/mol. The Morgan fingerprint density at radius 3 is 2.06 bits per heavy atom. The minimum atomic E-state index is -3.28. The van der Waals surface area contributed by atoms with Crippen LogP contribution in [-0.4, -0.2) is 33.9 Å². The van der Waals surface area contributed by atoms with Crippen LogP contribution in [0, 0.1) is 0 Å². The van der Waals surface area contributed by atoms with Gasteiger partial charge in [0.1, 0.15) is 23.5 Å². The predicted octanol–water partition coefficient (Wildman–Crippen LogP) is 5.02. The van der Waals surface area contributed by atoms with Gasteiger partial charge in [-0.05, 0) is 35.4 Å². The Labute approximate surface area is 187 Å². The van der Waals surface area contributed by atoms with Gasteiger partial charge in [0.05, 0.1) is 24.7 Å². The molecule has 0 saturated heterocycles. The molecule has 1 aromatic heterocycles. The number of oxazole rings is 1. The maximum Gasteiger partial charge on any atom is 0.198 e. The number of methoxy groups -OCH3 is 2. The zero-order valence-corrected chi connectivity index (χ0v) is 18.8. The van der Waals surface area contributed by atoms with Crippen molar-refractivity contribution in [2.75, 3.05) is 20.5 Å². The third-order valence-corrected chi connectivity index (χ3v) is 6.25. The smallest absolute Gasteiger partial charge is 0.198 e. The van der Waals surface area contributed by atoms with Crippen LogP contribution in [0.15, 0.2) is 82.3 Å². The van der Waals surface area contributed by atoms with Gasteiger partial charge in [-0.15, -0.1) is 0 Å². The molecular formula is C25H23NO5S. The van der Waals surface area contributed by atoms with Crippen LogP contribution in [0.25, 0.3) is 22.4 Å². The highest BCUT2D eigenvalue weighted by molar-refractivity contribution is 7.90. The second kappa shape index (κ2) is 8.88. The van der Waals surface area contributed by atoms with E-state index in [1.807, 2.05) is 42.5 Å².